The van der Waals surface area contributed by atoms with Gasteiger partial charge in [-0.25, -0.2) is 0 Å². The molecule has 0 aliphatic carbocycles. The maximum atomic E-state index is 5.75. The molecule has 0 aromatic heterocycles. The Balaban J connectivity index is 2.76. The lowest BCUT2D eigenvalue weighted by molar-refractivity contribution is -0.307. The molecule has 1 rings (SSSR count). The first-order valence-electron chi connectivity index (χ1n) is 4.92. The summed E-state index contributed by atoms with van der Waals surface area (Å²) in [6.45, 7) is 9.64. The summed E-state index contributed by atoms with van der Waals surface area (Å²) in [6.07, 6.45) is 7.83. The fraction of sp³-hybridized carbons (Fsp3) is 0.667. The molecule has 0 spiro atoms. The summed E-state index contributed by atoms with van der Waals surface area (Å²) in [5.41, 5.74) is 0. The highest BCUT2D eigenvalue weighted by molar-refractivity contribution is 4.97. The van der Waals surface area contributed by atoms with Gasteiger partial charge in [0.1, 0.15) is 0 Å². The van der Waals surface area contributed by atoms with Gasteiger partial charge in [0, 0.05) is 12.3 Å². The zero-order valence-electron chi connectivity index (χ0n) is 9.12. The van der Waals surface area contributed by atoms with Crippen molar-refractivity contribution in [2.24, 2.45) is 5.92 Å². The number of ether oxygens (including phenoxy) is 2. The summed E-state index contributed by atoms with van der Waals surface area (Å²) in [5.74, 6) is 2.33. The monoisotopic (exact) mass is 194 g/mol. The van der Waals surface area contributed by atoms with Crippen LogP contribution in [0.5, 0.6) is 0 Å². The molecular formula is C12H18O2. The van der Waals surface area contributed by atoms with Crippen LogP contribution in [0.4, 0.5) is 0 Å². The van der Waals surface area contributed by atoms with E-state index in [9.17, 15) is 0 Å². The Bertz CT molecular complexity index is 250. The molecule has 0 bridgehead atoms. The highest BCUT2D eigenvalue weighted by Gasteiger charge is 2.38. The summed E-state index contributed by atoms with van der Waals surface area (Å²) in [4.78, 5) is 0. The van der Waals surface area contributed by atoms with E-state index in [1.165, 1.54) is 0 Å². The minimum absolute atomic E-state index is 0.0251. The second kappa shape index (κ2) is 4.16. The van der Waals surface area contributed by atoms with E-state index in [1.54, 1.807) is 0 Å². The standard InChI is InChI=1S/C12H18O2/c1-6-8-11-9(3)10(7-2)13-12(4,5)14-11/h1,7,9-11H,2,8H2,3-5H3/t9-,10-,11+/m0/s1. The van der Waals surface area contributed by atoms with E-state index in [2.05, 4.69) is 19.4 Å². The molecule has 2 heteroatoms. The van der Waals surface area contributed by atoms with E-state index in [0.29, 0.717) is 6.42 Å². The van der Waals surface area contributed by atoms with Gasteiger partial charge < -0.3 is 9.47 Å². The molecule has 1 heterocycles. The first-order valence-corrected chi connectivity index (χ1v) is 4.92. The van der Waals surface area contributed by atoms with Gasteiger partial charge in [-0.3, -0.25) is 0 Å². The van der Waals surface area contributed by atoms with Gasteiger partial charge in [0.2, 0.25) is 0 Å². The van der Waals surface area contributed by atoms with Crippen molar-refractivity contribution in [1.82, 2.24) is 0 Å². The van der Waals surface area contributed by atoms with Crippen LogP contribution in [-0.2, 0) is 9.47 Å². The highest BCUT2D eigenvalue weighted by Crippen LogP contribution is 2.32. The molecule has 0 amide bonds. The Morgan fingerprint density at radius 3 is 2.64 bits per heavy atom. The Kier molecular flexibility index (Phi) is 3.36. The van der Waals surface area contributed by atoms with Crippen molar-refractivity contribution >= 4 is 0 Å². The van der Waals surface area contributed by atoms with Crippen molar-refractivity contribution in [3.63, 3.8) is 0 Å². The van der Waals surface area contributed by atoms with Gasteiger partial charge in [0.25, 0.3) is 0 Å². The zero-order valence-corrected chi connectivity index (χ0v) is 9.12. The predicted molar refractivity (Wildman–Crippen MR) is 56.6 cm³/mol. The minimum Gasteiger partial charge on any atom is -0.346 e. The van der Waals surface area contributed by atoms with Gasteiger partial charge in [-0.15, -0.1) is 18.9 Å². The normalized spacial score (nSPS) is 36.0. The van der Waals surface area contributed by atoms with Crippen LogP contribution < -0.4 is 0 Å². The topological polar surface area (TPSA) is 18.5 Å². The molecule has 1 fully saturated rings. The fourth-order valence-corrected chi connectivity index (χ4v) is 1.75. The van der Waals surface area contributed by atoms with Crippen LogP contribution in [0.3, 0.4) is 0 Å². The molecule has 0 aromatic rings. The highest BCUT2D eigenvalue weighted by atomic mass is 16.7. The van der Waals surface area contributed by atoms with Crippen molar-refractivity contribution in [2.75, 3.05) is 0 Å². The molecule has 3 atom stereocenters. The molecule has 1 aliphatic rings. The smallest absolute Gasteiger partial charge is 0.163 e. The molecule has 14 heavy (non-hydrogen) atoms. The Morgan fingerprint density at radius 1 is 1.50 bits per heavy atom. The van der Waals surface area contributed by atoms with Crippen LogP contribution in [0.1, 0.15) is 27.2 Å². The average Bonchev–Trinajstić information content (AvgIpc) is 2.11. The van der Waals surface area contributed by atoms with Crippen LogP contribution in [0.15, 0.2) is 12.7 Å². The van der Waals surface area contributed by atoms with Gasteiger partial charge in [0.15, 0.2) is 5.79 Å². The molecule has 0 saturated carbocycles. The Hall–Kier alpha value is -0.780. The van der Waals surface area contributed by atoms with Crippen LogP contribution in [0.2, 0.25) is 0 Å². The Morgan fingerprint density at radius 2 is 2.14 bits per heavy atom. The van der Waals surface area contributed by atoms with Crippen molar-refractivity contribution in [3.8, 4) is 12.3 Å². The van der Waals surface area contributed by atoms with Gasteiger partial charge in [0.05, 0.1) is 12.2 Å². The van der Waals surface area contributed by atoms with Crippen LogP contribution in [-0.4, -0.2) is 18.0 Å². The summed E-state index contributed by atoms with van der Waals surface area (Å²) >= 11 is 0. The molecule has 1 saturated heterocycles. The number of hydrogen-bond donors (Lipinski definition) is 0. The molecule has 0 aromatic carbocycles. The van der Waals surface area contributed by atoms with Gasteiger partial charge in [-0.05, 0) is 13.8 Å². The van der Waals surface area contributed by atoms with Crippen molar-refractivity contribution < 1.29 is 9.47 Å². The summed E-state index contributed by atoms with van der Waals surface area (Å²) in [5, 5.41) is 0. The summed E-state index contributed by atoms with van der Waals surface area (Å²) < 4.78 is 11.4. The maximum absolute atomic E-state index is 5.75. The average molecular weight is 194 g/mol. The third-order valence-corrected chi connectivity index (χ3v) is 2.51. The lowest BCUT2D eigenvalue weighted by Gasteiger charge is -2.43. The number of terminal acetylenes is 1. The first kappa shape index (κ1) is 11.3. The largest absolute Gasteiger partial charge is 0.346 e. The molecular weight excluding hydrogens is 176 g/mol. The van der Waals surface area contributed by atoms with Crippen molar-refractivity contribution in [2.45, 2.75) is 45.2 Å². The molecule has 0 N–H and O–H groups in total. The van der Waals surface area contributed by atoms with E-state index in [-0.39, 0.29) is 18.1 Å². The van der Waals surface area contributed by atoms with Crippen LogP contribution in [0, 0.1) is 18.3 Å². The predicted octanol–water partition coefficient (Wildman–Crippen LogP) is 2.35. The number of rotatable bonds is 2. The van der Waals surface area contributed by atoms with Crippen molar-refractivity contribution in [3.05, 3.63) is 12.7 Å². The Labute approximate surface area is 86.3 Å². The third-order valence-electron chi connectivity index (χ3n) is 2.51. The lowest BCUT2D eigenvalue weighted by atomic mass is 9.93. The summed E-state index contributed by atoms with van der Waals surface area (Å²) in [6, 6.07) is 0. The first-order chi connectivity index (χ1) is 6.50. The van der Waals surface area contributed by atoms with Crippen LogP contribution in [0.25, 0.3) is 0 Å². The van der Waals surface area contributed by atoms with E-state index >= 15 is 0 Å². The van der Waals surface area contributed by atoms with Gasteiger partial charge in [-0.2, -0.15) is 0 Å². The third kappa shape index (κ3) is 2.37. The van der Waals surface area contributed by atoms with E-state index in [1.807, 2.05) is 19.9 Å². The molecule has 78 valence electrons. The van der Waals surface area contributed by atoms with E-state index < -0.39 is 5.79 Å². The SMILES string of the molecule is C#CC[C@H]1OC(C)(C)O[C@@H](C=C)[C@@H]1C. The summed E-state index contributed by atoms with van der Waals surface area (Å²) in [7, 11) is 0. The molecule has 0 radical (unpaired) electrons. The van der Waals surface area contributed by atoms with Crippen LogP contribution >= 0.6 is 0 Å². The zero-order chi connectivity index (χ0) is 10.8. The second-order valence-electron chi connectivity index (χ2n) is 4.14. The number of hydrogen-bond acceptors (Lipinski definition) is 2. The second-order valence-corrected chi connectivity index (χ2v) is 4.14. The molecule has 1 aliphatic heterocycles. The molecule has 0 unspecified atom stereocenters. The van der Waals surface area contributed by atoms with Gasteiger partial charge in [-0.1, -0.05) is 13.0 Å². The lowest BCUT2D eigenvalue weighted by Crippen LogP contribution is -2.49. The maximum Gasteiger partial charge on any atom is 0.163 e. The quantitative estimate of drug-likeness (QED) is 0.496. The fourth-order valence-electron chi connectivity index (χ4n) is 1.75. The minimum atomic E-state index is -0.563. The van der Waals surface area contributed by atoms with Gasteiger partial charge >= 0.3 is 0 Å². The van der Waals surface area contributed by atoms with E-state index in [4.69, 9.17) is 15.9 Å². The van der Waals surface area contributed by atoms with Crippen molar-refractivity contribution in [1.29, 1.82) is 0 Å². The van der Waals surface area contributed by atoms with E-state index in [0.717, 1.165) is 0 Å². The molecule has 2 nitrogen and oxygen atoms in total.